The zero-order valence-corrected chi connectivity index (χ0v) is 9.92. The van der Waals surface area contributed by atoms with E-state index in [4.69, 9.17) is 0 Å². The van der Waals surface area contributed by atoms with Gasteiger partial charge in [0.25, 0.3) is 0 Å². The largest absolute Gasteiger partial charge is 0.294 e. The van der Waals surface area contributed by atoms with Crippen LogP contribution in [0.15, 0.2) is 24.3 Å². The van der Waals surface area contributed by atoms with Gasteiger partial charge < -0.3 is 0 Å². The van der Waals surface area contributed by atoms with E-state index in [9.17, 15) is 4.79 Å². The molecule has 82 valence electrons. The average Bonchev–Trinajstić information content (AvgIpc) is 2.17. The molecule has 1 aromatic rings. The van der Waals surface area contributed by atoms with E-state index in [1.165, 1.54) is 5.56 Å². The van der Waals surface area contributed by atoms with Crippen molar-refractivity contribution < 1.29 is 4.79 Å². The number of aryl methyl sites for hydroxylation is 1. The summed E-state index contributed by atoms with van der Waals surface area (Å²) in [7, 11) is 0. The summed E-state index contributed by atoms with van der Waals surface area (Å²) in [6, 6.07) is 8.03. The van der Waals surface area contributed by atoms with E-state index in [0.717, 1.165) is 18.4 Å². The van der Waals surface area contributed by atoms with Crippen molar-refractivity contribution in [3.63, 3.8) is 0 Å². The van der Waals surface area contributed by atoms with Gasteiger partial charge in [-0.05, 0) is 24.0 Å². The molecule has 0 heterocycles. The van der Waals surface area contributed by atoms with Crippen LogP contribution in [-0.2, 0) is 6.42 Å². The molecule has 0 aliphatic heterocycles. The van der Waals surface area contributed by atoms with Gasteiger partial charge in [0.1, 0.15) is 0 Å². The lowest BCUT2D eigenvalue weighted by atomic mass is 9.99. The fourth-order valence-electron chi connectivity index (χ4n) is 1.68. The molecule has 0 radical (unpaired) electrons. The van der Waals surface area contributed by atoms with E-state index in [-0.39, 0.29) is 5.78 Å². The predicted octanol–water partition coefficient (Wildman–Crippen LogP) is 3.87. The smallest absolute Gasteiger partial charge is 0.163 e. The van der Waals surface area contributed by atoms with Crippen molar-refractivity contribution in [3.05, 3.63) is 35.4 Å². The molecule has 0 saturated carbocycles. The first-order valence-corrected chi connectivity index (χ1v) is 5.75. The van der Waals surface area contributed by atoms with Gasteiger partial charge in [0.05, 0.1) is 0 Å². The van der Waals surface area contributed by atoms with Gasteiger partial charge in [-0.2, -0.15) is 0 Å². The topological polar surface area (TPSA) is 17.1 Å². The van der Waals surface area contributed by atoms with Gasteiger partial charge in [-0.3, -0.25) is 4.79 Å². The highest BCUT2D eigenvalue weighted by Gasteiger charge is 2.08. The van der Waals surface area contributed by atoms with E-state index in [0.29, 0.717) is 12.3 Å². The third-order valence-electron chi connectivity index (χ3n) is 2.38. The Morgan fingerprint density at radius 2 is 2.07 bits per heavy atom. The summed E-state index contributed by atoms with van der Waals surface area (Å²) in [6.07, 6.45) is 2.83. The second-order valence-corrected chi connectivity index (χ2v) is 4.47. The first kappa shape index (κ1) is 12.0. The predicted molar refractivity (Wildman–Crippen MR) is 64.2 cm³/mol. The normalized spacial score (nSPS) is 10.7. The maximum Gasteiger partial charge on any atom is 0.163 e. The van der Waals surface area contributed by atoms with Crippen LogP contribution in [0.25, 0.3) is 0 Å². The van der Waals surface area contributed by atoms with Crippen molar-refractivity contribution in [2.45, 2.75) is 40.0 Å². The highest BCUT2D eigenvalue weighted by molar-refractivity contribution is 5.96. The minimum absolute atomic E-state index is 0.267. The number of carbonyl (C=O) groups is 1. The van der Waals surface area contributed by atoms with Crippen LogP contribution in [0.3, 0.4) is 0 Å². The third kappa shape index (κ3) is 3.86. The highest BCUT2D eigenvalue weighted by atomic mass is 16.1. The quantitative estimate of drug-likeness (QED) is 0.665. The highest BCUT2D eigenvalue weighted by Crippen LogP contribution is 2.12. The molecule has 1 aromatic carbocycles. The summed E-state index contributed by atoms with van der Waals surface area (Å²) in [5, 5.41) is 0. The minimum Gasteiger partial charge on any atom is -0.294 e. The van der Waals surface area contributed by atoms with Crippen LogP contribution in [0.1, 0.15) is 49.5 Å². The van der Waals surface area contributed by atoms with Crippen molar-refractivity contribution in [1.29, 1.82) is 0 Å². The second-order valence-electron chi connectivity index (χ2n) is 4.47. The number of hydrogen-bond acceptors (Lipinski definition) is 1. The van der Waals surface area contributed by atoms with Gasteiger partial charge in [0.2, 0.25) is 0 Å². The number of Topliss-reactive ketones (excluding diaryl/α,β-unsaturated/α-hetero) is 1. The fourth-order valence-corrected chi connectivity index (χ4v) is 1.68. The van der Waals surface area contributed by atoms with Gasteiger partial charge in [0.15, 0.2) is 5.78 Å². The van der Waals surface area contributed by atoms with Gasteiger partial charge in [-0.15, -0.1) is 0 Å². The molecule has 15 heavy (non-hydrogen) atoms. The molecule has 0 atom stereocenters. The third-order valence-corrected chi connectivity index (χ3v) is 2.38. The maximum absolute atomic E-state index is 11.8. The molecule has 1 nitrogen and oxygen atoms in total. The van der Waals surface area contributed by atoms with Gasteiger partial charge in [0, 0.05) is 12.0 Å². The SMILES string of the molecule is CCCc1cccc(C(=O)CC(C)C)c1. The molecule has 1 rings (SSSR count). The molecule has 0 N–H and O–H groups in total. The number of hydrogen-bond donors (Lipinski definition) is 0. The summed E-state index contributed by atoms with van der Waals surface area (Å²) >= 11 is 0. The summed E-state index contributed by atoms with van der Waals surface area (Å²) in [5.74, 6) is 0.704. The average molecular weight is 204 g/mol. The van der Waals surface area contributed by atoms with Crippen LogP contribution in [0.5, 0.6) is 0 Å². The Kier molecular flexibility index (Phi) is 4.54. The van der Waals surface area contributed by atoms with Crippen LogP contribution >= 0.6 is 0 Å². The maximum atomic E-state index is 11.8. The lowest BCUT2D eigenvalue weighted by Gasteiger charge is -2.05. The molecule has 0 bridgehead atoms. The van der Waals surface area contributed by atoms with E-state index < -0.39 is 0 Å². The lowest BCUT2D eigenvalue weighted by Crippen LogP contribution is -2.03. The first-order valence-electron chi connectivity index (χ1n) is 5.75. The summed E-state index contributed by atoms with van der Waals surface area (Å²) in [4.78, 5) is 11.8. The van der Waals surface area contributed by atoms with Gasteiger partial charge in [-0.25, -0.2) is 0 Å². The zero-order valence-electron chi connectivity index (χ0n) is 9.92. The molecular formula is C14H20O. The Balaban J connectivity index is 2.76. The zero-order chi connectivity index (χ0) is 11.3. The molecule has 0 saturated heterocycles. The molecule has 0 spiro atoms. The van der Waals surface area contributed by atoms with Gasteiger partial charge in [-0.1, -0.05) is 45.4 Å². The Bertz CT molecular complexity index is 326. The van der Waals surface area contributed by atoms with Gasteiger partial charge >= 0.3 is 0 Å². The number of rotatable bonds is 5. The van der Waals surface area contributed by atoms with Crippen molar-refractivity contribution in [2.24, 2.45) is 5.92 Å². The summed E-state index contributed by atoms with van der Waals surface area (Å²) in [5.41, 5.74) is 2.14. The minimum atomic E-state index is 0.267. The van der Waals surface area contributed by atoms with E-state index in [1.807, 2.05) is 18.2 Å². The summed E-state index contributed by atoms with van der Waals surface area (Å²) in [6.45, 7) is 6.31. The van der Waals surface area contributed by atoms with Crippen LogP contribution in [0, 0.1) is 5.92 Å². The standard InChI is InChI=1S/C14H20O/c1-4-6-12-7-5-8-13(10-12)14(15)9-11(2)3/h5,7-8,10-11H,4,6,9H2,1-3H3. The van der Waals surface area contributed by atoms with Crippen LogP contribution < -0.4 is 0 Å². The number of ketones is 1. The Morgan fingerprint density at radius 1 is 1.33 bits per heavy atom. The number of carbonyl (C=O) groups excluding carboxylic acids is 1. The molecule has 1 heteroatoms. The lowest BCUT2D eigenvalue weighted by molar-refractivity contribution is 0.0968. The van der Waals surface area contributed by atoms with Crippen LogP contribution in [0.4, 0.5) is 0 Å². The molecule has 0 aliphatic rings. The van der Waals surface area contributed by atoms with Crippen molar-refractivity contribution in [1.82, 2.24) is 0 Å². The Hall–Kier alpha value is -1.11. The Morgan fingerprint density at radius 3 is 2.67 bits per heavy atom. The van der Waals surface area contributed by atoms with Crippen molar-refractivity contribution in [2.75, 3.05) is 0 Å². The monoisotopic (exact) mass is 204 g/mol. The Labute approximate surface area is 92.5 Å². The van der Waals surface area contributed by atoms with Crippen LogP contribution in [0.2, 0.25) is 0 Å². The first-order chi connectivity index (χ1) is 7.13. The molecular weight excluding hydrogens is 184 g/mol. The molecule has 0 aromatic heterocycles. The van der Waals surface area contributed by atoms with E-state index in [2.05, 4.69) is 26.8 Å². The molecule has 0 aliphatic carbocycles. The number of benzene rings is 1. The van der Waals surface area contributed by atoms with Crippen LogP contribution in [-0.4, -0.2) is 5.78 Å². The van der Waals surface area contributed by atoms with E-state index >= 15 is 0 Å². The summed E-state index contributed by atoms with van der Waals surface area (Å²) < 4.78 is 0. The fraction of sp³-hybridized carbons (Fsp3) is 0.500. The molecule has 0 fully saturated rings. The van der Waals surface area contributed by atoms with Crippen molar-refractivity contribution >= 4 is 5.78 Å². The molecule has 0 unspecified atom stereocenters. The molecule has 0 amide bonds. The van der Waals surface area contributed by atoms with E-state index in [1.54, 1.807) is 0 Å². The van der Waals surface area contributed by atoms with Crippen molar-refractivity contribution in [3.8, 4) is 0 Å². The second kappa shape index (κ2) is 5.69.